The first kappa shape index (κ1) is 18.1. The summed E-state index contributed by atoms with van der Waals surface area (Å²) in [6.45, 7) is -0.165. The molecule has 0 saturated heterocycles. The third-order valence-corrected chi connectivity index (χ3v) is 4.63. The second-order valence-electron chi connectivity index (χ2n) is 5.27. The first-order chi connectivity index (χ1) is 12.5. The van der Waals surface area contributed by atoms with Gasteiger partial charge in [-0.05, 0) is 36.4 Å². The van der Waals surface area contributed by atoms with Crippen LogP contribution in [0.3, 0.4) is 0 Å². The predicted octanol–water partition coefficient (Wildman–Crippen LogP) is 3.69. The minimum atomic E-state index is -0.515. The van der Waals surface area contributed by atoms with Crippen molar-refractivity contribution in [2.24, 2.45) is 5.73 Å². The second kappa shape index (κ2) is 8.11. The minimum Gasteiger partial charge on any atom is -0.484 e. The van der Waals surface area contributed by atoms with Crippen LogP contribution in [0.1, 0.15) is 10.4 Å². The van der Waals surface area contributed by atoms with Gasteiger partial charge in [-0.2, -0.15) is 0 Å². The van der Waals surface area contributed by atoms with E-state index in [0.717, 1.165) is 15.7 Å². The quantitative estimate of drug-likeness (QED) is 0.621. The van der Waals surface area contributed by atoms with Crippen molar-refractivity contribution in [3.8, 4) is 17.0 Å². The number of rotatable bonds is 6. The lowest BCUT2D eigenvalue weighted by atomic mass is 10.2. The number of carbonyl (C=O) groups excluding carboxylic acids is 2. The Kier molecular flexibility index (Phi) is 5.65. The van der Waals surface area contributed by atoms with Crippen LogP contribution in [-0.4, -0.2) is 23.4 Å². The average Bonchev–Trinajstić information content (AvgIpc) is 3.09. The van der Waals surface area contributed by atoms with E-state index in [-0.39, 0.29) is 12.5 Å². The highest BCUT2D eigenvalue weighted by molar-refractivity contribution is 9.10. The highest BCUT2D eigenvalue weighted by Gasteiger charge is 2.09. The summed E-state index contributed by atoms with van der Waals surface area (Å²) in [5.41, 5.74) is 7.30. The number of thiazole rings is 1. The number of halogens is 1. The van der Waals surface area contributed by atoms with Gasteiger partial charge in [0, 0.05) is 21.0 Å². The molecule has 8 heteroatoms. The van der Waals surface area contributed by atoms with Crippen LogP contribution in [-0.2, 0) is 4.79 Å². The van der Waals surface area contributed by atoms with Crippen LogP contribution in [0.4, 0.5) is 5.13 Å². The molecule has 6 nitrogen and oxygen atoms in total. The summed E-state index contributed by atoms with van der Waals surface area (Å²) in [4.78, 5) is 27.4. The molecule has 132 valence electrons. The van der Waals surface area contributed by atoms with Crippen LogP contribution in [0.5, 0.6) is 5.75 Å². The number of amides is 2. The summed E-state index contributed by atoms with van der Waals surface area (Å²) in [6.07, 6.45) is 0. The number of nitrogens with zero attached hydrogens (tertiary/aromatic N) is 1. The van der Waals surface area contributed by atoms with Crippen molar-refractivity contribution < 1.29 is 14.3 Å². The lowest BCUT2D eigenvalue weighted by Crippen LogP contribution is -2.20. The van der Waals surface area contributed by atoms with Gasteiger partial charge in [0.1, 0.15) is 5.75 Å². The van der Waals surface area contributed by atoms with Crippen molar-refractivity contribution in [1.82, 2.24) is 4.98 Å². The van der Waals surface area contributed by atoms with Gasteiger partial charge in [0.15, 0.2) is 11.7 Å². The standard InChI is InChI=1S/C18H14BrN3O3S/c19-13-3-1-2-12(8-13)15-10-26-18(21-15)22-16(23)9-25-14-6-4-11(5-7-14)17(20)24/h1-8,10H,9H2,(H2,20,24)(H,21,22,23). The minimum absolute atomic E-state index is 0.165. The molecule has 26 heavy (non-hydrogen) atoms. The van der Waals surface area contributed by atoms with Crippen LogP contribution < -0.4 is 15.8 Å². The zero-order valence-electron chi connectivity index (χ0n) is 13.4. The summed E-state index contributed by atoms with van der Waals surface area (Å²) < 4.78 is 6.35. The molecule has 3 aromatic rings. The maximum atomic E-state index is 12.0. The summed E-state index contributed by atoms with van der Waals surface area (Å²) in [6, 6.07) is 14.0. The molecule has 0 unspecified atom stereocenters. The summed E-state index contributed by atoms with van der Waals surface area (Å²) in [5.74, 6) is -0.363. The Bertz CT molecular complexity index is 941. The van der Waals surface area contributed by atoms with E-state index in [2.05, 4.69) is 26.2 Å². The fraction of sp³-hybridized carbons (Fsp3) is 0.0556. The maximum Gasteiger partial charge on any atom is 0.264 e. The SMILES string of the molecule is NC(=O)c1ccc(OCC(=O)Nc2nc(-c3cccc(Br)c3)cs2)cc1. The zero-order chi connectivity index (χ0) is 18.5. The highest BCUT2D eigenvalue weighted by atomic mass is 79.9. The van der Waals surface area contributed by atoms with Crippen molar-refractivity contribution in [1.29, 1.82) is 0 Å². The molecular formula is C18H14BrN3O3S. The number of anilines is 1. The number of hydrogen-bond donors (Lipinski definition) is 2. The summed E-state index contributed by atoms with van der Waals surface area (Å²) >= 11 is 4.77. The second-order valence-corrected chi connectivity index (χ2v) is 7.05. The van der Waals surface area contributed by atoms with Crippen molar-refractivity contribution in [2.45, 2.75) is 0 Å². The molecule has 2 amide bonds. The van der Waals surface area contributed by atoms with Crippen molar-refractivity contribution in [2.75, 3.05) is 11.9 Å². The molecule has 0 fully saturated rings. The van der Waals surface area contributed by atoms with Crippen LogP contribution in [0.2, 0.25) is 0 Å². The number of carbonyl (C=O) groups is 2. The number of aromatic nitrogens is 1. The molecule has 3 rings (SSSR count). The van der Waals surface area contributed by atoms with Crippen molar-refractivity contribution >= 4 is 44.2 Å². The number of ether oxygens (including phenoxy) is 1. The van der Waals surface area contributed by atoms with Gasteiger partial charge in [-0.3, -0.25) is 14.9 Å². The zero-order valence-corrected chi connectivity index (χ0v) is 15.8. The third kappa shape index (κ3) is 4.68. The van der Waals surface area contributed by atoms with E-state index in [1.165, 1.54) is 11.3 Å². The van der Waals surface area contributed by atoms with Gasteiger partial charge in [-0.15, -0.1) is 11.3 Å². The largest absolute Gasteiger partial charge is 0.484 e. The number of nitrogens with one attached hydrogen (secondary N) is 1. The normalized spacial score (nSPS) is 10.3. The lowest BCUT2D eigenvalue weighted by Gasteiger charge is -2.06. The third-order valence-electron chi connectivity index (χ3n) is 3.38. The Morgan fingerprint density at radius 2 is 1.96 bits per heavy atom. The smallest absolute Gasteiger partial charge is 0.264 e. The van der Waals surface area contributed by atoms with Crippen LogP contribution in [0.15, 0.2) is 58.4 Å². The van der Waals surface area contributed by atoms with E-state index in [4.69, 9.17) is 10.5 Å². The number of nitrogens with two attached hydrogens (primary N) is 1. The van der Waals surface area contributed by atoms with E-state index >= 15 is 0 Å². The van der Waals surface area contributed by atoms with Crippen LogP contribution in [0, 0.1) is 0 Å². The van der Waals surface area contributed by atoms with E-state index in [1.54, 1.807) is 24.3 Å². The van der Waals surface area contributed by atoms with Gasteiger partial charge in [0.2, 0.25) is 5.91 Å². The van der Waals surface area contributed by atoms with Gasteiger partial charge >= 0.3 is 0 Å². The Labute approximate surface area is 162 Å². The van der Waals surface area contributed by atoms with E-state index in [9.17, 15) is 9.59 Å². The fourth-order valence-corrected chi connectivity index (χ4v) is 3.27. The van der Waals surface area contributed by atoms with Gasteiger partial charge in [-0.25, -0.2) is 4.98 Å². The predicted molar refractivity (Wildman–Crippen MR) is 104 cm³/mol. The molecule has 0 radical (unpaired) electrons. The van der Waals surface area contributed by atoms with Crippen molar-refractivity contribution in [3.63, 3.8) is 0 Å². The first-order valence-electron chi connectivity index (χ1n) is 7.55. The highest BCUT2D eigenvalue weighted by Crippen LogP contribution is 2.26. The van der Waals surface area contributed by atoms with Gasteiger partial charge in [0.25, 0.3) is 5.91 Å². The monoisotopic (exact) mass is 431 g/mol. The molecule has 0 aliphatic carbocycles. The molecule has 1 aromatic heterocycles. The molecule has 3 N–H and O–H groups in total. The molecule has 1 heterocycles. The molecule has 0 saturated carbocycles. The van der Waals surface area contributed by atoms with E-state index < -0.39 is 5.91 Å². The lowest BCUT2D eigenvalue weighted by molar-refractivity contribution is -0.118. The number of primary amides is 1. The van der Waals surface area contributed by atoms with Gasteiger partial charge in [-0.1, -0.05) is 28.1 Å². The van der Waals surface area contributed by atoms with Crippen LogP contribution in [0.25, 0.3) is 11.3 Å². The van der Waals surface area contributed by atoms with Gasteiger partial charge < -0.3 is 10.5 Å². The average molecular weight is 432 g/mol. The molecule has 2 aromatic carbocycles. The summed E-state index contributed by atoms with van der Waals surface area (Å²) in [7, 11) is 0. The molecule has 0 aliphatic rings. The Hall–Kier alpha value is -2.71. The summed E-state index contributed by atoms with van der Waals surface area (Å²) in [5, 5.41) is 5.08. The topological polar surface area (TPSA) is 94.3 Å². The van der Waals surface area contributed by atoms with Gasteiger partial charge in [0.05, 0.1) is 5.69 Å². The van der Waals surface area contributed by atoms with Crippen LogP contribution >= 0.6 is 27.3 Å². The molecule has 0 aliphatic heterocycles. The Morgan fingerprint density at radius 1 is 1.19 bits per heavy atom. The molecule has 0 bridgehead atoms. The number of hydrogen-bond acceptors (Lipinski definition) is 5. The number of benzene rings is 2. The molecular weight excluding hydrogens is 418 g/mol. The maximum absolute atomic E-state index is 12.0. The Balaban J connectivity index is 1.56. The van der Waals surface area contributed by atoms with Crippen molar-refractivity contribution in [3.05, 3.63) is 63.9 Å². The van der Waals surface area contributed by atoms with E-state index in [1.807, 2.05) is 29.6 Å². The fourth-order valence-electron chi connectivity index (χ4n) is 2.13. The molecule has 0 spiro atoms. The van der Waals surface area contributed by atoms with E-state index in [0.29, 0.717) is 16.4 Å². The first-order valence-corrected chi connectivity index (χ1v) is 9.22. The molecule has 0 atom stereocenters. The Morgan fingerprint density at radius 3 is 2.65 bits per heavy atom.